The SMILES string of the molecule is CC(C)(C)c1cc2ccnnc2s1. The Labute approximate surface area is 81.6 Å². The summed E-state index contributed by atoms with van der Waals surface area (Å²) in [5, 5.41) is 9.15. The van der Waals surface area contributed by atoms with E-state index in [0.717, 1.165) is 4.83 Å². The quantitative estimate of drug-likeness (QED) is 0.641. The Kier molecular flexibility index (Phi) is 1.84. The van der Waals surface area contributed by atoms with E-state index in [1.807, 2.05) is 6.07 Å². The second-order valence-electron chi connectivity index (χ2n) is 4.15. The molecule has 0 amide bonds. The normalized spacial score (nSPS) is 12.2. The minimum absolute atomic E-state index is 0.214. The van der Waals surface area contributed by atoms with Crippen LogP contribution in [0.25, 0.3) is 10.2 Å². The van der Waals surface area contributed by atoms with Gasteiger partial charge in [-0.1, -0.05) is 20.8 Å². The fraction of sp³-hybridized carbons (Fsp3) is 0.400. The number of hydrogen-bond donors (Lipinski definition) is 0. The van der Waals surface area contributed by atoms with Gasteiger partial charge in [0.15, 0.2) is 0 Å². The lowest BCUT2D eigenvalue weighted by Gasteiger charge is -2.14. The monoisotopic (exact) mass is 192 g/mol. The predicted octanol–water partition coefficient (Wildman–Crippen LogP) is 2.99. The van der Waals surface area contributed by atoms with Gasteiger partial charge < -0.3 is 0 Å². The maximum Gasteiger partial charge on any atom is 0.146 e. The summed E-state index contributed by atoms with van der Waals surface area (Å²) in [7, 11) is 0. The van der Waals surface area contributed by atoms with Gasteiger partial charge in [-0.3, -0.25) is 0 Å². The predicted molar refractivity (Wildman–Crippen MR) is 56.1 cm³/mol. The molecule has 2 heterocycles. The van der Waals surface area contributed by atoms with Gasteiger partial charge in [0.25, 0.3) is 0 Å². The molecule has 68 valence electrons. The number of thiophene rings is 1. The highest BCUT2D eigenvalue weighted by Gasteiger charge is 2.16. The number of hydrogen-bond acceptors (Lipinski definition) is 3. The summed E-state index contributed by atoms with van der Waals surface area (Å²) in [6.07, 6.45) is 1.74. The molecule has 0 saturated heterocycles. The van der Waals surface area contributed by atoms with Gasteiger partial charge in [0.2, 0.25) is 0 Å². The van der Waals surface area contributed by atoms with Crippen molar-refractivity contribution in [2.45, 2.75) is 26.2 Å². The van der Waals surface area contributed by atoms with E-state index in [0.29, 0.717) is 0 Å². The summed E-state index contributed by atoms with van der Waals surface area (Å²) in [6.45, 7) is 6.64. The van der Waals surface area contributed by atoms with Gasteiger partial charge >= 0.3 is 0 Å². The van der Waals surface area contributed by atoms with Crippen molar-refractivity contribution in [1.82, 2.24) is 10.2 Å². The van der Waals surface area contributed by atoms with Crippen molar-refractivity contribution in [1.29, 1.82) is 0 Å². The van der Waals surface area contributed by atoms with Crippen molar-refractivity contribution in [3.8, 4) is 0 Å². The number of nitrogens with zero attached hydrogens (tertiary/aromatic N) is 2. The highest BCUT2D eigenvalue weighted by molar-refractivity contribution is 7.18. The maximum atomic E-state index is 4.08. The number of fused-ring (bicyclic) bond motifs is 1. The fourth-order valence-electron chi connectivity index (χ4n) is 1.16. The van der Waals surface area contributed by atoms with Crippen LogP contribution in [0.2, 0.25) is 0 Å². The molecule has 2 nitrogen and oxygen atoms in total. The van der Waals surface area contributed by atoms with Crippen molar-refractivity contribution in [2.24, 2.45) is 0 Å². The van der Waals surface area contributed by atoms with E-state index < -0.39 is 0 Å². The molecule has 0 N–H and O–H groups in total. The largest absolute Gasteiger partial charge is 0.158 e. The topological polar surface area (TPSA) is 25.8 Å². The van der Waals surface area contributed by atoms with E-state index in [1.54, 1.807) is 17.5 Å². The molecule has 0 fully saturated rings. The smallest absolute Gasteiger partial charge is 0.146 e. The van der Waals surface area contributed by atoms with E-state index in [9.17, 15) is 0 Å². The van der Waals surface area contributed by atoms with Crippen molar-refractivity contribution >= 4 is 21.6 Å². The van der Waals surface area contributed by atoms with Gasteiger partial charge in [-0.2, -0.15) is 5.10 Å². The zero-order chi connectivity index (χ0) is 9.47. The van der Waals surface area contributed by atoms with E-state index in [1.165, 1.54) is 10.3 Å². The van der Waals surface area contributed by atoms with Crippen LogP contribution in [0.15, 0.2) is 18.3 Å². The molecule has 0 bridgehead atoms. The summed E-state index contributed by atoms with van der Waals surface area (Å²) >= 11 is 1.73. The molecule has 0 spiro atoms. The van der Waals surface area contributed by atoms with Crippen LogP contribution in [-0.2, 0) is 5.41 Å². The first-order chi connectivity index (χ1) is 6.07. The van der Waals surface area contributed by atoms with Gasteiger partial charge in [0.05, 0.1) is 6.20 Å². The third-order valence-electron chi connectivity index (χ3n) is 1.95. The average Bonchev–Trinajstić information content (AvgIpc) is 2.45. The van der Waals surface area contributed by atoms with E-state index in [4.69, 9.17) is 0 Å². The molecule has 2 rings (SSSR count). The van der Waals surface area contributed by atoms with Crippen molar-refractivity contribution in [3.05, 3.63) is 23.2 Å². The molecular weight excluding hydrogens is 180 g/mol. The van der Waals surface area contributed by atoms with E-state index in [-0.39, 0.29) is 5.41 Å². The van der Waals surface area contributed by atoms with Gasteiger partial charge in [0.1, 0.15) is 4.83 Å². The standard InChI is InChI=1S/C10H12N2S/c1-10(2,3)8-6-7-4-5-11-12-9(7)13-8/h4-6H,1-3H3. The number of rotatable bonds is 0. The minimum Gasteiger partial charge on any atom is -0.158 e. The molecule has 0 atom stereocenters. The second kappa shape index (κ2) is 2.77. The van der Waals surface area contributed by atoms with Crippen molar-refractivity contribution in [3.63, 3.8) is 0 Å². The minimum atomic E-state index is 0.214. The van der Waals surface area contributed by atoms with Gasteiger partial charge in [-0.05, 0) is 17.5 Å². The molecule has 2 aromatic rings. The lowest BCUT2D eigenvalue weighted by Crippen LogP contribution is -2.07. The Morgan fingerprint density at radius 2 is 2.08 bits per heavy atom. The molecule has 0 radical (unpaired) electrons. The Balaban J connectivity index is 2.63. The van der Waals surface area contributed by atoms with Crippen molar-refractivity contribution < 1.29 is 0 Å². The van der Waals surface area contributed by atoms with E-state index in [2.05, 4.69) is 37.0 Å². The number of aromatic nitrogens is 2. The van der Waals surface area contributed by atoms with Gasteiger partial charge in [-0.15, -0.1) is 16.4 Å². The molecule has 0 aliphatic heterocycles. The van der Waals surface area contributed by atoms with Crippen LogP contribution in [0.3, 0.4) is 0 Å². The van der Waals surface area contributed by atoms with Crippen LogP contribution in [0.4, 0.5) is 0 Å². The van der Waals surface area contributed by atoms with Crippen molar-refractivity contribution in [2.75, 3.05) is 0 Å². The molecule has 0 unspecified atom stereocenters. The fourth-order valence-corrected chi connectivity index (χ4v) is 2.20. The van der Waals surface area contributed by atoms with Gasteiger partial charge in [0, 0.05) is 10.3 Å². The third-order valence-corrected chi connectivity index (χ3v) is 3.41. The Morgan fingerprint density at radius 3 is 2.69 bits per heavy atom. The summed E-state index contributed by atoms with van der Waals surface area (Å²) in [4.78, 5) is 2.40. The third kappa shape index (κ3) is 1.56. The molecule has 13 heavy (non-hydrogen) atoms. The summed E-state index contributed by atoms with van der Waals surface area (Å²) in [5.74, 6) is 0. The molecule has 0 aromatic carbocycles. The first-order valence-electron chi connectivity index (χ1n) is 4.29. The molecule has 0 aliphatic rings. The zero-order valence-corrected chi connectivity index (χ0v) is 8.85. The first kappa shape index (κ1) is 8.63. The highest BCUT2D eigenvalue weighted by atomic mass is 32.1. The van der Waals surface area contributed by atoms with Crippen LogP contribution in [0.1, 0.15) is 25.6 Å². The van der Waals surface area contributed by atoms with E-state index >= 15 is 0 Å². The zero-order valence-electron chi connectivity index (χ0n) is 8.03. The average molecular weight is 192 g/mol. The summed E-state index contributed by atoms with van der Waals surface area (Å²) in [5.41, 5.74) is 0.214. The molecule has 2 aromatic heterocycles. The summed E-state index contributed by atoms with van der Waals surface area (Å²) < 4.78 is 0. The van der Waals surface area contributed by atoms with Crippen LogP contribution in [0, 0.1) is 0 Å². The van der Waals surface area contributed by atoms with Crippen LogP contribution < -0.4 is 0 Å². The Hall–Kier alpha value is -0.960. The summed E-state index contributed by atoms with van der Waals surface area (Å²) in [6, 6.07) is 4.21. The highest BCUT2D eigenvalue weighted by Crippen LogP contribution is 2.32. The van der Waals surface area contributed by atoms with Crippen LogP contribution >= 0.6 is 11.3 Å². The Bertz CT molecular complexity index is 393. The lowest BCUT2D eigenvalue weighted by atomic mass is 9.94. The molecule has 0 saturated carbocycles. The first-order valence-corrected chi connectivity index (χ1v) is 5.11. The lowest BCUT2D eigenvalue weighted by molar-refractivity contribution is 0.604. The molecular formula is C10H12N2S. The molecule has 3 heteroatoms. The van der Waals surface area contributed by atoms with Crippen LogP contribution in [-0.4, -0.2) is 10.2 Å². The van der Waals surface area contributed by atoms with Gasteiger partial charge in [-0.25, -0.2) is 0 Å². The Morgan fingerprint density at radius 1 is 1.31 bits per heavy atom. The van der Waals surface area contributed by atoms with Crippen LogP contribution in [0.5, 0.6) is 0 Å². The molecule has 0 aliphatic carbocycles. The maximum absolute atomic E-state index is 4.08. The second-order valence-corrected chi connectivity index (χ2v) is 5.18.